The molecule has 4 nitrogen and oxygen atoms in total. The first-order chi connectivity index (χ1) is 12.0. The summed E-state index contributed by atoms with van der Waals surface area (Å²) in [5, 5.41) is 3.81. The fraction of sp³-hybridized carbons (Fsp3) is 0.158. The Balaban J connectivity index is 1.83. The first kappa shape index (κ1) is 16.8. The normalized spacial score (nSPS) is 11.0. The Morgan fingerprint density at radius 1 is 1.08 bits per heavy atom. The predicted molar refractivity (Wildman–Crippen MR) is 91.8 cm³/mol. The number of pyridine rings is 1. The Hall–Kier alpha value is -3.02. The van der Waals surface area contributed by atoms with Crippen LogP contribution in [0.1, 0.15) is 27.9 Å². The number of amides is 1. The third kappa shape index (κ3) is 3.42. The summed E-state index contributed by atoms with van der Waals surface area (Å²) in [4.78, 5) is 24.7. The maximum atomic E-state index is 12.6. The van der Waals surface area contributed by atoms with Gasteiger partial charge >= 0.3 is 0 Å². The number of carbonyl (C=O) groups is 1. The molecular formula is C19H16F2N2O2. The molecule has 0 saturated heterocycles. The second kappa shape index (κ2) is 6.84. The quantitative estimate of drug-likeness (QED) is 0.790. The van der Waals surface area contributed by atoms with Gasteiger partial charge in [0.1, 0.15) is 0 Å². The molecule has 0 atom stereocenters. The topological polar surface area (TPSA) is 51.1 Å². The molecule has 0 bridgehead atoms. The average Bonchev–Trinajstić information content (AvgIpc) is 2.63. The van der Waals surface area contributed by atoms with Gasteiger partial charge in [0.15, 0.2) is 0 Å². The summed E-state index contributed by atoms with van der Waals surface area (Å²) >= 11 is 0. The Kier molecular flexibility index (Phi) is 4.61. The SMILES string of the molecule is Cn1cc(C(=O)NCc2ccc(C(F)F)cc2)c2ccccc2c1=O. The number of hydrogen-bond donors (Lipinski definition) is 1. The van der Waals surface area contributed by atoms with Crippen molar-refractivity contribution in [1.82, 2.24) is 9.88 Å². The molecule has 0 unspecified atom stereocenters. The molecule has 0 aliphatic heterocycles. The zero-order chi connectivity index (χ0) is 18.0. The number of aryl methyl sites for hydroxylation is 1. The second-order valence-electron chi connectivity index (χ2n) is 5.73. The molecular weight excluding hydrogens is 326 g/mol. The van der Waals surface area contributed by atoms with Gasteiger partial charge in [-0.2, -0.15) is 0 Å². The first-order valence-corrected chi connectivity index (χ1v) is 7.71. The van der Waals surface area contributed by atoms with Gasteiger partial charge in [-0.05, 0) is 11.6 Å². The minimum atomic E-state index is -2.51. The largest absolute Gasteiger partial charge is 0.348 e. The van der Waals surface area contributed by atoms with Gasteiger partial charge in [0, 0.05) is 36.1 Å². The molecule has 1 amide bonds. The molecule has 3 rings (SSSR count). The number of nitrogens with one attached hydrogen (secondary N) is 1. The van der Waals surface area contributed by atoms with Crippen LogP contribution in [0.5, 0.6) is 0 Å². The third-order valence-electron chi connectivity index (χ3n) is 4.02. The van der Waals surface area contributed by atoms with Gasteiger partial charge in [-0.1, -0.05) is 42.5 Å². The minimum Gasteiger partial charge on any atom is -0.348 e. The van der Waals surface area contributed by atoms with Crippen molar-refractivity contribution in [3.63, 3.8) is 0 Å². The summed E-state index contributed by atoms with van der Waals surface area (Å²) in [6.45, 7) is 0.208. The number of nitrogens with zero attached hydrogens (tertiary/aromatic N) is 1. The van der Waals surface area contributed by atoms with Crippen LogP contribution in [0.25, 0.3) is 10.8 Å². The van der Waals surface area contributed by atoms with Gasteiger partial charge < -0.3 is 9.88 Å². The summed E-state index contributed by atoms with van der Waals surface area (Å²) in [7, 11) is 1.59. The number of carbonyl (C=O) groups excluding carboxylic acids is 1. The van der Waals surface area contributed by atoms with Crippen LogP contribution < -0.4 is 10.9 Å². The highest BCUT2D eigenvalue weighted by atomic mass is 19.3. The molecule has 0 aliphatic carbocycles. The van der Waals surface area contributed by atoms with E-state index in [4.69, 9.17) is 0 Å². The molecule has 0 spiro atoms. The number of aromatic nitrogens is 1. The minimum absolute atomic E-state index is 0.0564. The lowest BCUT2D eigenvalue weighted by Gasteiger charge is -2.10. The summed E-state index contributed by atoms with van der Waals surface area (Å²) in [5.41, 5.74) is 0.877. The van der Waals surface area contributed by atoms with Crippen LogP contribution in [0, 0.1) is 0 Å². The Labute approximate surface area is 142 Å². The highest BCUT2D eigenvalue weighted by Crippen LogP contribution is 2.19. The van der Waals surface area contributed by atoms with Gasteiger partial charge in [0.25, 0.3) is 17.9 Å². The van der Waals surface area contributed by atoms with Crippen LogP contribution in [0.4, 0.5) is 8.78 Å². The monoisotopic (exact) mass is 342 g/mol. The van der Waals surface area contributed by atoms with Crippen LogP contribution in [0.2, 0.25) is 0 Å². The highest BCUT2D eigenvalue weighted by Gasteiger charge is 2.13. The molecule has 0 aliphatic rings. The molecule has 6 heteroatoms. The first-order valence-electron chi connectivity index (χ1n) is 7.71. The maximum absolute atomic E-state index is 12.6. The summed E-state index contributed by atoms with van der Waals surface area (Å²) < 4.78 is 26.5. The molecule has 2 aromatic carbocycles. The van der Waals surface area contributed by atoms with Gasteiger partial charge in [0.2, 0.25) is 0 Å². The Morgan fingerprint density at radius 3 is 2.36 bits per heavy atom. The average molecular weight is 342 g/mol. The Morgan fingerprint density at radius 2 is 1.72 bits per heavy atom. The van der Waals surface area contributed by atoms with Gasteiger partial charge in [-0.25, -0.2) is 8.78 Å². The van der Waals surface area contributed by atoms with E-state index in [0.717, 1.165) is 0 Å². The molecule has 3 aromatic rings. The number of rotatable bonds is 4. The van der Waals surface area contributed by atoms with Gasteiger partial charge in [-0.3, -0.25) is 9.59 Å². The zero-order valence-electron chi connectivity index (χ0n) is 13.5. The van der Waals surface area contributed by atoms with Crippen molar-refractivity contribution in [3.8, 4) is 0 Å². The lowest BCUT2D eigenvalue weighted by Crippen LogP contribution is -2.26. The van der Waals surface area contributed by atoms with Crippen LogP contribution in [0.3, 0.4) is 0 Å². The molecule has 1 aromatic heterocycles. The van der Waals surface area contributed by atoms with Crippen molar-refractivity contribution in [2.24, 2.45) is 7.05 Å². The summed E-state index contributed by atoms with van der Waals surface area (Å²) in [5.74, 6) is -0.329. The predicted octanol–water partition coefficient (Wildman–Crippen LogP) is 3.41. The standard InChI is InChI=1S/C19H16F2N2O2/c1-23-11-16(14-4-2-3-5-15(14)19(23)25)18(24)22-10-12-6-8-13(9-7-12)17(20)21/h2-9,11,17H,10H2,1H3,(H,22,24). The van der Waals surface area contributed by atoms with E-state index in [1.165, 1.54) is 22.9 Å². The Bertz CT molecular complexity index is 979. The molecule has 1 heterocycles. The van der Waals surface area contributed by atoms with Crippen molar-refractivity contribution in [3.05, 3.63) is 81.8 Å². The van der Waals surface area contributed by atoms with Crippen LogP contribution in [0.15, 0.2) is 59.5 Å². The van der Waals surface area contributed by atoms with E-state index < -0.39 is 6.43 Å². The highest BCUT2D eigenvalue weighted by molar-refractivity contribution is 6.06. The fourth-order valence-corrected chi connectivity index (χ4v) is 2.66. The molecule has 0 fully saturated rings. The van der Waals surface area contributed by atoms with Crippen molar-refractivity contribution >= 4 is 16.7 Å². The molecule has 128 valence electrons. The summed E-state index contributed by atoms with van der Waals surface area (Å²) in [6, 6.07) is 12.7. The van der Waals surface area contributed by atoms with Crippen LogP contribution >= 0.6 is 0 Å². The molecule has 1 N–H and O–H groups in total. The van der Waals surface area contributed by atoms with E-state index in [9.17, 15) is 18.4 Å². The van der Waals surface area contributed by atoms with E-state index in [1.807, 2.05) is 0 Å². The number of hydrogen-bond acceptors (Lipinski definition) is 2. The van der Waals surface area contributed by atoms with E-state index in [-0.39, 0.29) is 23.6 Å². The molecule has 0 radical (unpaired) electrons. The third-order valence-corrected chi connectivity index (χ3v) is 4.02. The van der Waals surface area contributed by atoms with Crippen molar-refractivity contribution in [2.45, 2.75) is 13.0 Å². The van der Waals surface area contributed by atoms with E-state index in [0.29, 0.717) is 21.9 Å². The van der Waals surface area contributed by atoms with Gasteiger partial charge in [0.05, 0.1) is 5.56 Å². The lowest BCUT2D eigenvalue weighted by atomic mass is 10.1. The van der Waals surface area contributed by atoms with Crippen LogP contribution in [-0.4, -0.2) is 10.5 Å². The lowest BCUT2D eigenvalue weighted by molar-refractivity contribution is 0.0951. The number of alkyl halides is 2. The van der Waals surface area contributed by atoms with Crippen molar-refractivity contribution in [1.29, 1.82) is 0 Å². The molecule has 0 saturated carbocycles. The number of fused-ring (bicyclic) bond motifs is 1. The molecule has 25 heavy (non-hydrogen) atoms. The van der Waals surface area contributed by atoms with E-state index in [1.54, 1.807) is 43.4 Å². The number of benzene rings is 2. The van der Waals surface area contributed by atoms with Gasteiger partial charge in [-0.15, -0.1) is 0 Å². The zero-order valence-corrected chi connectivity index (χ0v) is 13.5. The maximum Gasteiger partial charge on any atom is 0.263 e. The van der Waals surface area contributed by atoms with E-state index >= 15 is 0 Å². The van der Waals surface area contributed by atoms with Crippen LogP contribution in [-0.2, 0) is 13.6 Å². The summed E-state index contributed by atoms with van der Waals surface area (Å²) in [6.07, 6.45) is -1.01. The van der Waals surface area contributed by atoms with E-state index in [2.05, 4.69) is 5.32 Å². The second-order valence-corrected chi connectivity index (χ2v) is 5.73. The van der Waals surface area contributed by atoms with Crippen molar-refractivity contribution < 1.29 is 13.6 Å². The van der Waals surface area contributed by atoms with Crippen molar-refractivity contribution in [2.75, 3.05) is 0 Å². The number of halogens is 2. The fourth-order valence-electron chi connectivity index (χ4n) is 2.66. The smallest absolute Gasteiger partial charge is 0.263 e.